The Hall–Kier alpha value is -1.60. The van der Waals surface area contributed by atoms with Crippen LogP contribution in [0.5, 0.6) is 0 Å². The number of nitrogens with zero attached hydrogens (tertiary/aromatic N) is 1. The second-order valence-electron chi connectivity index (χ2n) is 6.08. The largest absolute Gasteiger partial charge is 0.376 e. The maximum absolute atomic E-state index is 11.7. The number of sulfone groups is 1. The van der Waals surface area contributed by atoms with E-state index in [0.29, 0.717) is 11.4 Å². The Morgan fingerprint density at radius 2 is 2.17 bits per heavy atom. The van der Waals surface area contributed by atoms with Gasteiger partial charge in [0.15, 0.2) is 15.8 Å². The van der Waals surface area contributed by atoms with Gasteiger partial charge in [0.25, 0.3) is 0 Å². The zero-order valence-electron chi connectivity index (χ0n) is 14.6. The third kappa shape index (κ3) is 5.49. The molecular formula is C17H27N3O3S. The van der Waals surface area contributed by atoms with Crippen LogP contribution in [-0.2, 0) is 21.1 Å². The fraction of sp³-hybridized carbons (Fsp3) is 0.588. The summed E-state index contributed by atoms with van der Waals surface area (Å²) in [6.07, 6.45) is 3.68. The molecule has 2 N–H and O–H groups in total. The second-order valence-corrected chi connectivity index (χ2v) is 8.07. The molecule has 6 nitrogen and oxygen atoms in total. The minimum atomic E-state index is -3.18. The van der Waals surface area contributed by atoms with E-state index in [9.17, 15) is 8.42 Å². The number of ether oxygens (including phenoxy) is 1. The van der Waals surface area contributed by atoms with Crippen LogP contribution in [0.3, 0.4) is 0 Å². The zero-order chi connectivity index (χ0) is 17.6. The number of nitrogens with one attached hydrogen (secondary N) is 2. The molecule has 1 atom stereocenters. The van der Waals surface area contributed by atoms with Crippen LogP contribution in [0, 0.1) is 6.92 Å². The molecule has 1 fully saturated rings. The minimum Gasteiger partial charge on any atom is -0.376 e. The lowest BCUT2D eigenvalue weighted by atomic mass is 10.1. The summed E-state index contributed by atoms with van der Waals surface area (Å²) in [6.45, 7) is 6.69. The summed E-state index contributed by atoms with van der Waals surface area (Å²) >= 11 is 0. The summed E-state index contributed by atoms with van der Waals surface area (Å²) in [5.74, 6) is 0.748. The molecule has 0 radical (unpaired) electrons. The lowest BCUT2D eigenvalue weighted by molar-refractivity contribution is 0.114. The SMILES string of the molecule is CCNC(=NCc1ccc(S(C)(=O)=O)c(C)c1)NCC1CCCO1. The van der Waals surface area contributed by atoms with E-state index in [1.807, 2.05) is 26.0 Å². The zero-order valence-corrected chi connectivity index (χ0v) is 15.4. The van der Waals surface area contributed by atoms with Crippen LogP contribution >= 0.6 is 0 Å². The van der Waals surface area contributed by atoms with Gasteiger partial charge in [-0.15, -0.1) is 0 Å². The maximum Gasteiger partial charge on any atom is 0.191 e. The van der Waals surface area contributed by atoms with Crippen molar-refractivity contribution < 1.29 is 13.2 Å². The lowest BCUT2D eigenvalue weighted by Gasteiger charge is -2.15. The topological polar surface area (TPSA) is 79.8 Å². The number of rotatable bonds is 6. The molecule has 1 heterocycles. The van der Waals surface area contributed by atoms with Gasteiger partial charge in [0.05, 0.1) is 17.5 Å². The van der Waals surface area contributed by atoms with Crippen molar-refractivity contribution >= 4 is 15.8 Å². The van der Waals surface area contributed by atoms with Crippen molar-refractivity contribution in [2.24, 2.45) is 4.99 Å². The van der Waals surface area contributed by atoms with Gasteiger partial charge in [-0.25, -0.2) is 13.4 Å². The molecule has 134 valence electrons. The molecule has 2 rings (SSSR count). The molecule has 1 aromatic rings. The van der Waals surface area contributed by atoms with Gasteiger partial charge in [-0.2, -0.15) is 0 Å². The molecular weight excluding hydrogens is 326 g/mol. The molecule has 0 spiro atoms. The van der Waals surface area contributed by atoms with E-state index in [1.54, 1.807) is 6.07 Å². The van der Waals surface area contributed by atoms with E-state index >= 15 is 0 Å². The first kappa shape index (κ1) is 18.7. The van der Waals surface area contributed by atoms with Crippen LogP contribution < -0.4 is 10.6 Å². The van der Waals surface area contributed by atoms with E-state index in [-0.39, 0.29) is 6.10 Å². The van der Waals surface area contributed by atoms with Gasteiger partial charge in [-0.3, -0.25) is 0 Å². The van der Waals surface area contributed by atoms with E-state index < -0.39 is 9.84 Å². The predicted molar refractivity (Wildman–Crippen MR) is 96.1 cm³/mol. The molecule has 1 aliphatic heterocycles. The van der Waals surface area contributed by atoms with Crippen molar-refractivity contribution in [3.8, 4) is 0 Å². The van der Waals surface area contributed by atoms with Crippen molar-refractivity contribution in [3.05, 3.63) is 29.3 Å². The van der Waals surface area contributed by atoms with Crippen molar-refractivity contribution in [2.75, 3.05) is 26.0 Å². The summed E-state index contributed by atoms with van der Waals surface area (Å²) in [6, 6.07) is 5.35. The quantitative estimate of drug-likeness (QED) is 0.600. The highest BCUT2D eigenvalue weighted by Gasteiger charge is 2.15. The number of benzene rings is 1. The van der Waals surface area contributed by atoms with Gasteiger partial charge < -0.3 is 15.4 Å². The summed E-state index contributed by atoms with van der Waals surface area (Å²) in [7, 11) is -3.18. The first-order chi connectivity index (χ1) is 11.4. The standard InChI is InChI=1S/C17H27N3O3S/c1-4-18-17(20-12-15-6-5-9-23-15)19-11-14-7-8-16(13(2)10-14)24(3,21)22/h7-8,10,15H,4-6,9,11-12H2,1-3H3,(H2,18,19,20). The highest BCUT2D eigenvalue weighted by atomic mass is 32.2. The van der Waals surface area contributed by atoms with Crippen molar-refractivity contribution in [2.45, 2.75) is 44.2 Å². The molecule has 1 unspecified atom stereocenters. The number of hydrogen-bond acceptors (Lipinski definition) is 4. The molecule has 0 saturated carbocycles. The third-order valence-electron chi connectivity index (χ3n) is 3.92. The molecule has 0 aromatic heterocycles. The van der Waals surface area contributed by atoms with Crippen LogP contribution in [0.4, 0.5) is 0 Å². The van der Waals surface area contributed by atoms with Crippen LogP contribution in [0.25, 0.3) is 0 Å². The average Bonchev–Trinajstić information content (AvgIpc) is 3.02. The maximum atomic E-state index is 11.7. The summed E-state index contributed by atoms with van der Waals surface area (Å²) in [5.41, 5.74) is 1.73. The molecule has 0 bridgehead atoms. The molecule has 7 heteroatoms. The highest BCUT2D eigenvalue weighted by Crippen LogP contribution is 2.17. The van der Waals surface area contributed by atoms with Gasteiger partial charge in [-0.05, 0) is 43.9 Å². The van der Waals surface area contributed by atoms with Crippen LogP contribution in [0.2, 0.25) is 0 Å². The second kappa shape index (κ2) is 8.48. The van der Waals surface area contributed by atoms with Gasteiger partial charge in [-0.1, -0.05) is 12.1 Å². The number of hydrogen-bond donors (Lipinski definition) is 2. The normalized spacial score (nSPS) is 18.6. The summed E-state index contributed by atoms with van der Waals surface area (Å²) < 4.78 is 28.9. The smallest absolute Gasteiger partial charge is 0.191 e. The molecule has 1 aliphatic rings. The van der Waals surface area contributed by atoms with Crippen LogP contribution in [0.15, 0.2) is 28.1 Å². The van der Waals surface area contributed by atoms with E-state index in [2.05, 4.69) is 15.6 Å². The Morgan fingerprint density at radius 1 is 1.38 bits per heavy atom. The van der Waals surface area contributed by atoms with Gasteiger partial charge >= 0.3 is 0 Å². The number of aliphatic imine (C=N–C) groups is 1. The van der Waals surface area contributed by atoms with Gasteiger partial charge in [0, 0.05) is 26.0 Å². The van der Waals surface area contributed by atoms with E-state index in [1.165, 1.54) is 6.26 Å². The van der Waals surface area contributed by atoms with Crippen LogP contribution in [-0.4, -0.2) is 46.4 Å². The van der Waals surface area contributed by atoms with Crippen LogP contribution in [0.1, 0.15) is 30.9 Å². The highest BCUT2D eigenvalue weighted by molar-refractivity contribution is 7.90. The lowest BCUT2D eigenvalue weighted by Crippen LogP contribution is -2.41. The Balaban J connectivity index is 2.00. The fourth-order valence-corrected chi connectivity index (χ4v) is 3.71. The first-order valence-corrected chi connectivity index (χ1v) is 10.2. The molecule has 1 aromatic carbocycles. The fourth-order valence-electron chi connectivity index (χ4n) is 2.75. The number of guanidine groups is 1. The average molecular weight is 353 g/mol. The van der Waals surface area contributed by atoms with Gasteiger partial charge in [0.2, 0.25) is 0 Å². The van der Waals surface area contributed by atoms with Crippen molar-refractivity contribution in [3.63, 3.8) is 0 Å². The predicted octanol–water partition coefficient (Wildman–Crippen LogP) is 1.63. The molecule has 0 aliphatic carbocycles. The molecule has 24 heavy (non-hydrogen) atoms. The monoisotopic (exact) mass is 353 g/mol. The molecule has 0 amide bonds. The van der Waals surface area contributed by atoms with Crippen molar-refractivity contribution in [1.29, 1.82) is 0 Å². The third-order valence-corrected chi connectivity index (χ3v) is 5.18. The minimum absolute atomic E-state index is 0.255. The first-order valence-electron chi connectivity index (χ1n) is 8.33. The van der Waals surface area contributed by atoms with Crippen molar-refractivity contribution in [1.82, 2.24) is 10.6 Å². The van der Waals surface area contributed by atoms with Gasteiger partial charge in [0.1, 0.15) is 0 Å². The summed E-state index contributed by atoms with van der Waals surface area (Å²) in [5, 5.41) is 6.52. The number of aryl methyl sites for hydroxylation is 1. The Kier molecular flexibility index (Phi) is 6.62. The Morgan fingerprint density at radius 3 is 2.75 bits per heavy atom. The summed E-state index contributed by atoms with van der Waals surface area (Å²) in [4.78, 5) is 4.94. The van der Waals surface area contributed by atoms with E-state index in [4.69, 9.17) is 4.74 Å². The Labute approximate surface area is 144 Å². The Bertz CT molecular complexity index is 680. The molecule has 1 saturated heterocycles. The van der Waals surface area contributed by atoms with E-state index in [0.717, 1.165) is 49.6 Å².